The van der Waals surface area contributed by atoms with Crippen molar-refractivity contribution >= 4 is 5.82 Å². The fraction of sp³-hybridized carbons (Fsp3) is 0.471. The van der Waals surface area contributed by atoms with Gasteiger partial charge in [-0.05, 0) is 18.4 Å². The predicted octanol–water partition coefficient (Wildman–Crippen LogP) is 2.22. The van der Waals surface area contributed by atoms with Crippen LogP contribution in [-0.4, -0.2) is 35.0 Å². The highest BCUT2D eigenvalue weighted by Crippen LogP contribution is 2.20. The summed E-state index contributed by atoms with van der Waals surface area (Å²) in [5.41, 5.74) is 1.39. The van der Waals surface area contributed by atoms with Gasteiger partial charge in [-0.15, -0.1) is 0 Å². The highest BCUT2D eigenvalue weighted by atomic mass is 15.4. The molecule has 2 aromatic rings. The minimum atomic E-state index is 0.484. The van der Waals surface area contributed by atoms with E-state index >= 15 is 0 Å². The number of aryl methyl sites for hydroxylation is 1. The summed E-state index contributed by atoms with van der Waals surface area (Å²) in [5, 5.41) is 8.29. The Morgan fingerprint density at radius 1 is 1.24 bits per heavy atom. The fourth-order valence-corrected chi connectivity index (χ4v) is 3.10. The standard InChI is InChI=1S/C17H24N4/c1-3-16-12-18-15(11-14-7-5-4-6-8-14)13-21(16)17-9-10-20(2)19-17/h4-10,15-16,18H,3,11-13H2,1-2H3. The Balaban J connectivity index is 1.72. The van der Waals surface area contributed by atoms with Gasteiger partial charge >= 0.3 is 0 Å². The first-order valence-electron chi connectivity index (χ1n) is 7.80. The molecule has 21 heavy (non-hydrogen) atoms. The smallest absolute Gasteiger partial charge is 0.150 e. The van der Waals surface area contributed by atoms with Crippen LogP contribution < -0.4 is 10.2 Å². The zero-order valence-electron chi connectivity index (χ0n) is 12.9. The maximum atomic E-state index is 4.59. The van der Waals surface area contributed by atoms with Gasteiger partial charge in [0.05, 0.1) is 0 Å². The molecule has 2 atom stereocenters. The first-order chi connectivity index (χ1) is 10.3. The first kappa shape index (κ1) is 14.1. The number of rotatable bonds is 4. The van der Waals surface area contributed by atoms with Crippen LogP contribution in [0.1, 0.15) is 18.9 Å². The number of nitrogens with one attached hydrogen (secondary N) is 1. The van der Waals surface area contributed by atoms with Gasteiger partial charge in [0.25, 0.3) is 0 Å². The van der Waals surface area contributed by atoms with Crippen LogP contribution in [0.4, 0.5) is 5.82 Å². The average molecular weight is 284 g/mol. The number of hydrogen-bond acceptors (Lipinski definition) is 3. The third-order valence-corrected chi connectivity index (χ3v) is 4.29. The number of anilines is 1. The molecule has 1 aromatic heterocycles. The molecular formula is C17H24N4. The van der Waals surface area contributed by atoms with Crippen molar-refractivity contribution < 1.29 is 0 Å². The van der Waals surface area contributed by atoms with Gasteiger partial charge in [0.1, 0.15) is 0 Å². The largest absolute Gasteiger partial charge is 0.349 e. The number of piperazine rings is 1. The molecular weight excluding hydrogens is 260 g/mol. The maximum absolute atomic E-state index is 4.59. The van der Waals surface area contributed by atoms with Crippen LogP contribution in [0.5, 0.6) is 0 Å². The Hall–Kier alpha value is -1.81. The van der Waals surface area contributed by atoms with Crippen molar-refractivity contribution in [1.82, 2.24) is 15.1 Å². The van der Waals surface area contributed by atoms with Crippen LogP contribution in [0.3, 0.4) is 0 Å². The normalized spacial score (nSPS) is 22.5. The molecule has 0 saturated carbocycles. The maximum Gasteiger partial charge on any atom is 0.150 e. The SMILES string of the molecule is CCC1CNC(Cc2ccccc2)CN1c1ccn(C)n1. The van der Waals surface area contributed by atoms with Crippen LogP contribution in [0.2, 0.25) is 0 Å². The summed E-state index contributed by atoms with van der Waals surface area (Å²) < 4.78 is 1.89. The van der Waals surface area contributed by atoms with Gasteiger partial charge in [0.2, 0.25) is 0 Å². The van der Waals surface area contributed by atoms with Gasteiger partial charge in [-0.2, -0.15) is 5.10 Å². The molecule has 0 bridgehead atoms. The van der Waals surface area contributed by atoms with E-state index in [0.717, 1.165) is 31.7 Å². The molecule has 0 spiro atoms. The van der Waals surface area contributed by atoms with Crippen LogP contribution in [0.25, 0.3) is 0 Å². The molecule has 1 aliphatic rings. The van der Waals surface area contributed by atoms with E-state index in [4.69, 9.17) is 0 Å². The highest BCUT2D eigenvalue weighted by Gasteiger charge is 2.28. The van der Waals surface area contributed by atoms with E-state index < -0.39 is 0 Å². The van der Waals surface area contributed by atoms with Crippen molar-refractivity contribution in [2.75, 3.05) is 18.0 Å². The molecule has 4 heteroatoms. The summed E-state index contributed by atoms with van der Waals surface area (Å²) in [7, 11) is 1.98. The van der Waals surface area contributed by atoms with Gasteiger partial charge < -0.3 is 10.2 Å². The first-order valence-corrected chi connectivity index (χ1v) is 7.80. The number of benzene rings is 1. The topological polar surface area (TPSA) is 33.1 Å². The predicted molar refractivity (Wildman–Crippen MR) is 86.6 cm³/mol. The van der Waals surface area contributed by atoms with E-state index in [0.29, 0.717) is 12.1 Å². The molecule has 1 N–H and O–H groups in total. The summed E-state index contributed by atoms with van der Waals surface area (Å²) in [4.78, 5) is 2.46. The number of nitrogens with zero attached hydrogens (tertiary/aromatic N) is 3. The van der Waals surface area contributed by atoms with Gasteiger partial charge in [-0.25, -0.2) is 0 Å². The minimum Gasteiger partial charge on any atom is -0.349 e. The average Bonchev–Trinajstić information content (AvgIpc) is 2.95. The minimum absolute atomic E-state index is 0.484. The Labute approximate surface area is 126 Å². The van der Waals surface area contributed by atoms with Gasteiger partial charge in [-0.3, -0.25) is 4.68 Å². The third-order valence-electron chi connectivity index (χ3n) is 4.29. The summed E-state index contributed by atoms with van der Waals surface area (Å²) >= 11 is 0. The molecule has 0 amide bonds. The second-order valence-corrected chi connectivity index (χ2v) is 5.86. The Morgan fingerprint density at radius 3 is 2.71 bits per heavy atom. The lowest BCUT2D eigenvalue weighted by atomic mass is 10.0. The summed E-state index contributed by atoms with van der Waals surface area (Å²) in [6.45, 7) is 4.30. The monoisotopic (exact) mass is 284 g/mol. The molecule has 4 nitrogen and oxygen atoms in total. The molecule has 112 valence electrons. The molecule has 0 radical (unpaired) electrons. The van der Waals surface area contributed by atoms with Crippen molar-refractivity contribution in [3.05, 3.63) is 48.2 Å². The summed E-state index contributed by atoms with van der Waals surface area (Å²) in [6.07, 6.45) is 4.23. The molecule has 0 aliphatic carbocycles. The molecule has 1 saturated heterocycles. The van der Waals surface area contributed by atoms with Crippen molar-refractivity contribution in [3.63, 3.8) is 0 Å². The lowest BCUT2D eigenvalue weighted by Crippen LogP contribution is -2.57. The van der Waals surface area contributed by atoms with E-state index in [2.05, 4.69) is 58.6 Å². The van der Waals surface area contributed by atoms with Crippen LogP contribution >= 0.6 is 0 Å². The van der Waals surface area contributed by atoms with Gasteiger partial charge in [-0.1, -0.05) is 37.3 Å². The third kappa shape index (κ3) is 3.27. The van der Waals surface area contributed by atoms with Crippen LogP contribution in [-0.2, 0) is 13.5 Å². The van der Waals surface area contributed by atoms with E-state index in [1.165, 1.54) is 5.56 Å². The number of hydrogen-bond donors (Lipinski definition) is 1. The van der Waals surface area contributed by atoms with Gasteiger partial charge in [0.15, 0.2) is 5.82 Å². The Bertz CT molecular complexity index is 563. The van der Waals surface area contributed by atoms with Crippen molar-refractivity contribution in [2.45, 2.75) is 31.8 Å². The summed E-state index contributed by atoms with van der Waals surface area (Å²) in [5.74, 6) is 1.10. The van der Waals surface area contributed by atoms with E-state index in [-0.39, 0.29) is 0 Å². The quantitative estimate of drug-likeness (QED) is 0.934. The zero-order valence-corrected chi connectivity index (χ0v) is 12.9. The highest BCUT2D eigenvalue weighted by molar-refractivity contribution is 5.40. The van der Waals surface area contributed by atoms with Gasteiger partial charge in [0, 0.05) is 44.5 Å². The molecule has 2 heterocycles. The Kier molecular flexibility index (Phi) is 4.25. The van der Waals surface area contributed by atoms with Crippen molar-refractivity contribution in [2.24, 2.45) is 7.05 Å². The number of aromatic nitrogens is 2. The van der Waals surface area contributed by atoms with Crippen molar-refractivity contribution in [3.8, 4) is 0 Å². The van der Waals surface area contributed by atoms with E-state index in [1.54, 1.807) is 0 Å². The molecule has 1 aromatic carbocycles. The van der Waals surface area contributed by atoms with Crippen LogP contribution in [0, 0.1) is 0 Å². The molecule has 2 unspecified atom stereocenters. The zero-order chi connectivity index (χ0) is 14.7. The lowest BCUT2D eigenvalue weighted by Gasteiger charge is -2.40. The van der Waals surface area contributed by atoms with Crippen LogP contribution in [0.15, 0.2) is 42.6 Å². The Morgan fingerprint density at radius 2 is 2.05 bits per heavy atom. The van der Waals surface area contributed by atoms with E-state index in [1.807, 2.05) is 17.9 Å². The fourth-order valence-electron chi connectivity index (χ4n) is 3.10. The molecule has 1 aliphatic heterocycles. The summed E-state index contributed by atoms with van der Waals surface area (Å²) in [6, 6.07) is 13.9. The second kappa shape index (κ2) is 6.31. The van der Waals surface area contributed by atoms with E-state index in [9.17, 15) is 0 Å². The lowest BCUT2D eigenvalue weighted by molar-refractivity contribution is 0.381. The second-order valence-electron chi connectivity index (χ2n) is 5.86. The molecule has 1 fully saturated rings. The molecule has 3 rings (SSSR count). The van der Waals surface area contributed by atoms with Crippen molar-refractivity contribution in [1.29, 1.82) is 0 Å².